The van der Waals surface area contributed by atoms with Gasteiger partial charge < -0.3 is 14.6 Å². The van der Waals surface area contributed by atoms with E-state index in [0.717, 1.165) is 24.2 Å². The van der Waals surface area contributed by atoms with E-state index in [9.17, 15) is 14.7 Å². The van der Waals surface area contributed by atoms with Crippen molar-refractivity contribution >= 4 is 11.6 Å². The molecule has 0 bridgehead atoms. The van der Waals surface area contributed by atoms with E-state index in [0.29, 0.717) is 23.7 Å². The van der Waals surface area contributed by atoms with Gasteiger partial charge in [0.15, 0.2) is 5.75 Å². The summed E-state index contributed by atoms with van der Waals surface area (Å²) in [4.78, 5) is 23.1. The first-order valence-electron chi connectivity index (χ1n) is 9.13. The molecule has 0 amide bonds. The summed E-state index contributed by atoms with van der Waals surface area (Å²) in [6, 6.07) is 5.55. The Morgan fingerprint density at radius 1 is 1.19 bits per heavy atom. The number of benzene rings is 1. The summed E-state index contributed by atoms with van der Waals surface area (Å²) in [5, 5.41) is 9.74. The molecule has 1 aliphatic heterocycles. The molecule has 0 saturated carbocycles. The van der Waals surface area contributed by atoms with E-state index in [4.69, 9.17) is 9.47 Å². The number of unbranched alkanes of at least 4 members (excludes halogenated alkanes) is 1. The van der Waals surface area contributed by atoms with Gasteiger partial charge in [0.2, 0.25) is 5.43 Å². The fraction of sp³-hybridized carbons (Fsp3) is 0.364. The minimum absolute atomic E-state index is 0.0321. The molecule has 1 heterocycles. The average molecular weight is 368 g/mol. The van der Waals surface area contributed by atoms with Gasteiger partial charge in [-0.3, -0.25) is 9.59 Å². The zero-order chi connectivity index (χ0) is 19.8. The highest BCUT2D eigenvalue weighted by Crippen LogP contribution is 2.42. The lowest BCUT2D eigenvalue weighted by atomic mass is 9.88. The van der Waals surface area contributed by atoms with Crippen molar-refractivity contribution in [3.63, 3.8) is 0 Å². The van der Waals surface area contributed by atoms with E-state index in [1.807, 2.05) is 45.0 Å². The van der Waals surface area contributed by atoms with Gasteiger partial charge in [0.1, 0.15) is 17.3 Å². The minimum Gasteiger partial charge on any atom is -0.504 e. The molecule has 27 heavy (non-hydrogen) atoms. The van der Waals surface area contributed by atoms with Gasteiger partial charge in [-0.2, -0.15) is 0 Å². The van der Waals surface area contributed by atoms with Crippen LogP contribution in [0.5, 0.6) is 17.2 Å². The first-order valence-corrected chi connectivity index (χ1v) is 9.13. The molecule has 5 heteroatoms. The SMILES string of the molecule is CCCCOc1ccc2c(c1)C(=Cc1c(O)c(=O)c1=O)C=C(C(C)(C)C)O2. The summed E-state index contributed by atoms with van der Waals surface area (Å²) in [5.41, 5.74) is -0.276. The smallest absolute Gasteiger partial charge is 0.268 e. The van der Waals surface area contributed by atoms with Crippen molar-refractivity contribution in [2.75, 3.05) is 6.61 Å². The summed E-state index contributed by atoms with van der Waals surface area (Å²) in [6.07, 6.45) is 5.39. The van der Waals surface area contributed by atoms with E-state index in [2.05, 4.69) is 6.92 Å². The van der Waals surface area contributed by atoms with Crippen LogP contribution in [0.15, 0.2) is 39.6 Å². The predicted molar refractivity (Wildman–Crippen MR) is 106 cm³/mol. The second-order valence-electron chi connectivity index (χ2n) is 7.74. The lowest BCUT2D eigenvalue weighted by Gasteiger charge is -2.29. The third kappa shape index (κ3) is 3.68. The molecular weight excluding hydrogens is 344 g/mol. The van der Waals surface area contributed by atoms with Crippen LogP contribution in [0.2, 0.25) is 0 Å². The molecule has 0 atom stereocenters. The lowest BCUT2D eigenvalue weighted by molar-refractivity contribution is 0.288. The van der Waals surface area contributed by atoms with Crippen molar-refractivity contribution in [2.45, 2.75) is 40.5 Å². The van der Waals surface area contributed by atoms with Crippen LogP contribution in [-0.2, 0) is 0 Å². The van der Waals surface area contributed by atoms with Gasteiger partial charge in [-0.25, -0.2) is 0 Å². The van der Waals surface area contributed by atoms with Gasteiger partial charge in [-0.15, -0.1) is 0 Å². The number of fused-ring (bicyclic) bond motifs is 1. The van der Waals surface area contributed by atoms with E-state index in [1.54, 1.807) is 6.08 Å². The third-order valence-corrected chi connectivity index (χ3v) is 4.50. The maximum atomic E-state index is 11.8. The molecule has 2 aromatic rings. The Morgan fingerprint density at radius 2 is 1.93 bits per heavy atom. The van der Waals surface area contributed by atoms with Gasteiger partial charge in [0, 0.05) is 11.0 Å². The van der Waals surface area contributed by atoms with Gasteiger partial charge >= 0.3 is 0 Å². The summed E-state index contributed by atoms with van der Waals surface area (Å²) in [6.45, 7) is 8.80. The third-order valence-electron chi connectivity index (χ3n) is 4.50. The molecular formula is C22H24O5. The molecule has 142 valence electrons. The zero-order valence-corrected chi connectivity index (χ0v) is 16.1. The lowest BCUT2D eigenvalue weighted by Crippen LogP contribution is -2.32. The van der Waals surface area contributed by atoms with Crippen molar-refractivity contribution in [2.24, 2.45) is 5.41 Å². The maximum absolute atomic E-state index is 11.8. The van der Waals surface area contributed by atoms with Crippen molar-refractivity contribution in [1.29, 1.82) is 0 Å². The molecule has 0 radical (unpaired) electrons. The molecule has 0 saturated heterocycles. The highest BCUT2D eigenvalue weighted by Gasteiger charge is 2.27. The Bertz CT molecular complexity index is 995. The molecule has 2 aromatic carbocycles. The molecule has 0 aliphatic carbocycles. The fourth-order valence-electron chi connectivity index (χ4n) is 2.79. The Kier molecular flexibility index (Phi) is 4.96. The van der Waals surface area contributed by atoms with Gasteiger partial charge in [-0.05, 0) is 42.3 Å². The van der Waals surface area contributed by atoms with Crippen LogP contribution < -0.4 is 20.3 Å². The summed E-state index contributed by atoms with van der Waals surface area (Å²) < 4.78 is 11.8. The number of rotatable bonds is 5. The van der Waals surface area contributed by atoms with Crippen molar-refractivity contribution in [1.82, 2.24) is 0 Å². The number of aromatic hydroxyl groups is 1. The highest BCUT2D eigenvalue weighted by atomic mass is 16.5. The van der Waals surface area contributed by atoms with Crippen molar-refractivity contribution in [3.05, 3.63) is 61.6 Å². The molecule has 3 rings (SSSR count). The number of hydrogen-bond donors (Lipinski definition) is 1. The fourth-order valence-corrected chi connectivity index (χ4v) is 2.79. The summed E-state index contributed by atoms with van der Waals surface area (Å²) >= 11 is 0. The van der Waals surface area contributed by atoms with Gasteiger partial charge in [0.05, 0.1) is 12.2 Å². The van der Waals surface area contributed by atoms with Crippen molar-refractivity contribution in [3.8, 4) is 17.2 Å². The number of ether oxygens (including phenoxy) is 2. The second-order valence-corrected chi connectivity index (χ2v) is 7.74. The molecule has 1 N–H and O–H groups in total. The molecule has 0 unspecified atom stereocenters. The second kappa shape index (κ2) is 7.06. The van der Waals surface area contributed by atoms with Crippen LogP contribution in [0.4, 0.5) is 0 Å². The Balaban J connectivity index is 2.07. The number of allylic oxidation sites excluding steroid dienone is 3. The molecule has 0 aromatic heterocycles. The summed E-state index contributed by atoms with van der Waals surface area (Å²) in [5.74, 6) is 1.61. The standard InChI is InChI=1S/C22H24O5/c1-5-6-9-26-14-7-8-17-15(12-14)13(11-18(27-17)22(2,3)4)10-16-19(23)21(25)20(16)24/h7-8,10-12,23H,5-6,9H2,1-4H3. The largest absolute Gasteiger partial charge is 0.504 e. The van der Waals surface area contributed by atoms with E-state index in [1.165, 1.54) is 0 Å². The van der Waals surface area contributed by atoms with Crippen LogP contribution in [0, 0.1) is 5.41 Å². The normalized spacial score (nSPS) is 15.4. The molecule has 5 nitrogen and oxygen atoms in total. The van der Waals surface area contributed by atoms with Gasteiger partial charge in [-0.1, -0.05) is 34.1 Å². The number of hydrogen-bond acceptors (Lipinski definition) is 5. The summed E-state index contributed by atoms with van der Waals surface area (Å²) in [7, 11) is 0. The Labute approximate surface area is 158 Å². The van der Waals surface area contributed by atoms with Gasteiger partial charge in [0.25, 0.3) is 5.43 Å². The van der Waals surface area contributed by atoms with Crippen LogP contribution in [0.3, 0.4) is 0 Å². The Hall–Kier alpha value is -2.82. The molecule has 1 aliphatic rings. The minimum atomic E-state index is -0.842. The molecule has 0 fully saturated rings. The highest BCUT2D eigenvalue weighted by molar-refractivity contribution is 5.93. The van der Waals surface area contributed by atoms with Crippen molar-refractivity contribution < 1.29 is 14.6 Å². The quantitative estimate of drug-likeness (QED) is 0.637. The topological polar surface area (TPSA) is 72.8 Å². The van der Waals surface area contributed by atoms with Crippen LogP contribution in [-0.4, -0.2) is 11.7 Å². The monoisotopic (exact) mass is 368 g/mol. The van der Waals surface area contributed by atoms with Crippen LogP contribution in [0.25, 0.3) is 11.6 Å². The average Bonchev–Trinajstić information content (AvgIpc) is 2.64. The maximum Gasteiger partial charge on any atom is 0.268 e. The first kappa shape index (κ1) is 19.0. The first-order chi connectivity index (χ1) is 12.7. The van der Waals surface area contributed by atoms with E-state index >= 15 is 0 Å². The molecule has 0 spiro atoms. The van der Waals surface area contributed by atoms with E-state index in [-0.39, 0.29) is 11.0 Å². The zero-order valence-electron chi connectivity index (χ0n) is 16.1. The van der Waals surface area contributed by atoms with E-state index < -0.39 is 16.6 Å². The predicted octanol–water partition coefficient (Wildman–Crippen LogP) is 4.03. The van der Waals surface area contributed by atoms with Crippen LogP contribution >= 0.6 is 0 Å². The van der Waals surface area contributed by atoms with Crippen LogP contribution in [0.1, 0.15) is 51.7 Å². The Morgan fingerprint density at radius 3 is 2.56 bits per heavy atom.